The number of anilines is 2. The van der Waals surface area contributed by atoms with Crippen molar-refractivity contribution < 1.29 is 5.11 Å². The molecule has 7 nitrogen and oxygen atoms in total. The van der Waals surface area contributed by atoms with Crippen LogP contribution < -0.4 is 10.5 Å². The van der Waals surface area contributed by atoms with E-state index in [1.807, 2.05) is 41.4 Å². The van der Waals surface area contributed by atoms with E-state index >= 15 is 0 Å². The van der Waals surface area contributed by atoms with Gasteiger partial charge in [0.15, 0.2) is 5.65 Å². The summed E-state index contributed by atoms with van der Waals surface area (Å²) in [6.07, 6.45) is 6.03. The van der Waals surface area contributed by atoms with Crippen LogP contribution in [0.5, 0.6) is 0 Å². The lowest BCUT2D eigenvalue weighted by Crippen LogP contribution is -2.48. The molecule has 0 fully saturated rings. The highest BCUT2D eigenvalue weighted by Crippen LogP contribution is 2.30. The molecule has 3 heterocycles. The Hall–Kier alpha value is -2.77. The fourth-order valence-electron chi connectivity index (χ4n) is 4.32. The highest BCUT2D eigenvalue weighted by atomic mass is 16.3. The number of aromatic nitrogens is 3. The van der Waals surface area contributed by atoms with E-state index in [2.05, 4.69) is 9.88 Å². The summed E-state index contributed by atoms with van der Waals surface area (Å²) in [6.45, 7) is 1.53. The second-order valence-corrected chi connectivity index (χ2v) is 7.48. The van der Waals surface area contributed by atoms with Crippen molar-refractivity contribution in [3.05, 3.63) is 58.0 Å². The Labute approximate surface area is 162 Å². The van der Waals surface area contributed by atoms with Gasteiger partial charge in [0.2, 0.25) is 5.95 Å². The Morgan fingerprint density at radius 2 is 1.89 bits per heavy atom. The number of benzene rings is 1. The van der Waals surface area contributed by atoms with Gasteiger partial charge in [-0.15, -0.1) is 0 Å². The molecule has 0 amide bonds. The third-order valence-corrected chi connectivity index (χ3v) is 5.69. The number of pyridine rings is 1. The third-order valence-electron chi connectivity index (χ3n) is 5.69. The Morgan fingerprint density at radius 1 is 1.07 bits per heavy atom. The van der Waals surface area contributed by atoms with Gasteiger partial charge in [0.05, 0.1) is 25.3 Å². The summed E-state index contributed by atoms with van der Waals surface area (Å²) >= 11 is 0. The van der Waals surface area contributed by atoms with Gasteiger partial charge < -0.3 is 5.11 Å². The lowest BCUT2D eigenvalue weighted by molar-refractivity contribution is 0.153. The number of para-hydroxylation sites is 1. The highest BCUT2D eigenvalue weighted by Gasteiger charge is 2.28. The Balaban J connectivity index is 1.74. The van der Waals surface area contributed by atoms with Gasteiger partial charge in [-0.1, -0.05) is 18.2 Å². The monoisotopic (exact) mass is 377 g/mol. The minimum Gasteiger partial charge on any atom is -0.395 e. The zero-order valence-electron chi connectivity index (χ0n) is 15.7. The van der Waals surface area contributed by atoms with Crippen molar-refractivity contribution in [1.29, 1.82) is 0 Å². The Morgan fingerprint density at radius 3 is 2.71 bits per heavy atom. The van der Waals surface area contributed by atoms with E-state index in [1.54, 1.807) is 4.57 Å². The number of hydrogen-bond donors (Lipinski definition) is 1. The van der Waals surface area contributed by atoms with Gasteiger partial charge in [0.25, 0.3) is 5.56 Å². The average Bonchev–Trinajstić information content (AvgIpc) is 2.74. The number of aryl methyl sites for hydroxylation is 2. The maximum Gasteiger partial charge on any atom is 0.265 e. The molecule has 3 aromatic rings. The fourth-order valence-corrected chi connectivity index (χ4v) is 4.32. The molecule has 2 aromatic heterocycles. The van der Waals surface area contributed by atoms with Crippen LogP contribution in [0, 0.1) is 0 Å². The number of nitrogens with zero attached hydrogens (tertiary/aromatic N) is 5. The van der Waals surface area contributed by atoms with Gasteiger partial charge in [-0.25, -0.2) is 4.98 Å². The summed E-state index contributed by atoms with van der Waals surface area (Å²) in [5, 5.41) is 10.1. The maximum atomic E-state index is 13.5. The van der Waals surface area contributed by atoms with Gasteiger partial charge in [-0.2, -0.15) is 4.98 Å². The van der Waals surface area contributed by atoms with Crippen LogP contribution in [0.2, 0.25) is 0 Å². The second-order valence-electron chi connectivity index (χ2n) is 7.48. The second kappa shape index (κ2) is 7.00. The summed E-state index contributed by atoms with van der Waals surface area (Å²) in [7, 11) is 0. The number of β-amino-alcohol motifs (C(OH)–C–C–N with tert-alkyl or cyclic N) is 1. The molecule has 0 spiro atoms. The zero-order chi connectivity index (χ0) is 19.1. The summed E-state index contributed by atoms with van der Waals surface area (Å²) < 4.78 is 1.73. The van der Waals surface area contributed by atoms with Crippen molar-refractivity contribution in [2.24, 2.45) is 0 Å². The predicted molar refractivity (Wildman–Crippen MR) is 108 cm³/mol. The zero-order valence-corrected chi connectivity index (χ0v) is 15.7. The highest BCUT2D eigenvalue weighted by molar-refractivity contribution is 5.81. The summed E-state index contributed by atoms with van der Waals surface area (Å²) in [4.78, 5) is 27.0. The van der Waals surface area contributed by atoms with Gasteiger partial charge in [0, 0.05) is 18.4 Å². The van der Waals surface area contributed by atoms with Crippen LogP contribution in [0.3, 0.4) is 0 Å². The number of aliphatic hydroxyl groups excluding tert-OH is 1. The van der Waals surface area contributed by atoms with E-state index in [-0.39, 0.29) is 12.2 Å². The smallest absolute Gasteiger partial charge is 0.265 e. The first-order valence-corrected chi connectivity index (χ1v) is 9.83. The maximum absolute atomic E-state index is 13.5. The number of rotatable bonds is 3. The van der Waals surface area contributed by atoms with E-state index in [9.17, 15) is 9.90 Å². The van der Waals surface area contributed by atoms with E-state index in [4.69, 9.17) is 4.98 Å². The molecule has 0 atom stereocenters. The van der Waals surface area contributed by atoms with Crippen molar-refractivity contribution in [2.75, 3.05) is 24.7 Å². The first kappa shape index (κ1) is 17.3. The van der Waals surface area contributed by atoms with Crippen molar-refractivity contribution in [3.8, 4) is 0 Å². The molecule has 2 aliphatic rings. The third kappa shape index (κ3) is 2.78. The van der Waals surface area contributed by atoms with E-state index in [0.29, 0.717) is 36.9 Å². The molecule has 1 aromatic carbocycles. The molecular formula is C21H23N5O2. The van der Waals surface area contributed by atoms with Crippen molar-refractivity contribution >= 4 is 22.7 Å². The molecule has 7 heteroatoms. The molecule has 28 heavy (non-hydrogen) atoms. The van der Waals surface area contributed by atoms with Gasteiger partial charge >= 0.3 is 0 Å². The van der Waals surface area contributed by atoms with Crippen LogP contribution in [0.4, 0.5) is 11.6 Å². The SMILES string of the molecule is O=c1c2c3c(cnc2nc2n1CN(CCO)CN2c1ccccc1)CCCC3. The van der Waals surface area contributed by atoms with Crippen molar-refractivity contribution in [3.63, 3.8) is 0 Å². The normalized spacial score (nSPS) is 16.8. The summed E-state index contributed by atoms with van der Waals surface area (Å²) in [5.41, 5.74) is 3.77. The van der Waals surface area contributed by atoms with Crippen molar-refractivity contribution in [2.45, 2.75) is 32.4 Å². The molecule has 1 aliphatic carbocycles. The van der Waals surface area contributed by atoms with E-state index in [0.717, 1.165) is 36.9 Å². The minimum atomic E-state index is -0.0326. The first-order valence-electron chi connectivity index (χ1n) is 9.83. The van der Waals surface area contributed by atoms with Crippen molar-refractivity contribution in [1.82, 2.24) is 19.4 Å². The molecule has 0 saturated carbocycles. The Bertz CT molecular complexity index is 1080. The summed E-state index contributed by atoms with van der Waals surface area (Å²) in [5.74, 6) is 0.612. The number of hydrogen-bond acceptors (Lipinski definition) is 6. The minimum absolute atomic E-state index is 0.0326. The summed E-state index contributed by atoms with van der Waals surface area (Å²) in [6, 6.07) is 9.91. The van der Waals surface area contributed by atoms with Crippen LogP contribution in [0.1, 0.15) is 24.0 Å². The molecule has 144 valence electrons. The first-order chi connectivity index (χ1) is 13.8. The van der Waals surface area contributed by atoms with Crippen LogP contribution in [0.15, 0.2) is 41.3 Å². The van der Waals surface area contributed by atoms with Gasteiger partial charge in [-0.3, -0.25) is 19.2 Å². The largest absolute Gasteiger partial charge is 0.395 e. The molecule has 1 N–H and O–H groups in total. The Kier molecular flexibility index (Phi) is 4.33. The quantitative estimate of drug-likeness (QED) is 0.753. The molecule has 0 radical (unpaired) electrons. The molecular weight excluding hydrogens is 354 g/mol. The molecule has 0 bridgehead atoms. The molecule has 0 saturated heterocycles. The average molecular weight is 377 g/mol. The number of fused-ring (bicyclic) bond motifs is 4. The van der Waals surface area contributed by atoms with E-state index < -0.39 is 0 Å². The fraction of sp³-hybridized carbons (Fsp3) is 0.381. The lowest BCUT2D eigenvalue weighted by atomic mass is 9.91. The topological polar surface area (TPSA) is 74.5 Å². The molecule has 5 rings (SSSR count). The number of aliphatic hydroxyl groups is 1. The van der Waals surface area contributed by atoms with E-state index in [1.165, 1.54) is 5.56 Å². The molecule has 0 unspecified atom stereocenters. The van der Waals surface area contributed by atoms with Crippen LogP contribution in [0.25, 0.3) is 11.0 Å². The van der Waals surface area contributed by atoms with Crippen LogP contribution in [-0.2, 0) is 19.5 Å². The van der Waals surface area contributed by atoms with Gasteiger partial charge in [-0.05, 0) is 48.9 Å². The predicted octanol–water partition coefficient (Wildman–Crippen LogP) is 2.03. The van der Waals surface area contributed by atoms with Gasteiger partial charge in [0.1, 0.15) is 0 Å². The van der Waals surface area contributed by atoms with Crippen LogP contribution >= 0.6 is 0 Å². The lowest BCUT2D eigenvalue weighted by Gasteiger charge is -2.38. The standard InChI is InChI=1S/C21H23N5O2/c27-11-10-24-13-25(16-7-2-1-3-8-16)21-23-19-18(20(28)26(21)14-24)17-9-5-4-6-15(17)12-22-19/h1-3,7-8,12,27H,4-6,9-11,13-14H2. The molecule has 1 aliphatic heterocycles. The van der Waals surface area contributed by atoms with Crippen LogP contribution in [-0.4, -0.2) is 44.4 Å².